The average molecular weight is 348 g/mol. The number of fused-ring (bicyclic) bond motifs is 5. The molecule has 0 saturated carbocycles. The fraction of sp³-hybridized carbons (Fsp3) is 0.250. The van der Waals surface area contributed by atoms with E-state index in [1.165, 1.54) is 0 Å². The summed E-state index contributed by atoms with van der Waals surface area (Å²) in [5.74, 6) is 0.906. The maximum atomic E-state index is 12.4. The first kappa shape index (κ1) is 15.1. The molecule has 1 aliphatic carbocycles. The molecule has 6 heteroatoms. The van der Waals surface area contributed by atoms with E-state index in [1.54, 1.807) is 19.4 Å². The van der Waals surface area contributed by atoms with E-state index >= 15 is 0 Å². The summed E-state index contributed by atoms with van der Waals surface area (Å²) in [4.78, 5) is 21.4. The molecule has 0 aliphatic heterocycles. The maximum absolute atomic E-state index is 12.4. The quantitative estimate of drug-likeness (QED) is 0.512. The Morgan fingerprint density at radius 1 is 1.12 bits per heavy atom. The summed E-state index contributed by atoms with van der Waals surface area (Å²) < 4.78 is 17.0. The van der Waals surface area contributed by atoms with Gasteiger partial charge in [0.15, 0.2) is 11.3 Å². The molecule has 0 atom stereocenters. The zero-order chi connectivity index (χ0) is 17.7. The van der Waals surface area contributed by atoms with Crippen LogP contribution in [0.3, 0.4) is 0 Å². The van der Waals surface area contributed by atoms with Crippen molar-refractivity contribution in [3.63, 3.8) is 0 Å². The Morgan fingerprint density at radius 2 is 1.96 bits per heavy atom. The van der Waals surface area contributed by atoms with Crippen molar-refractivity contribution < 1.29 is 13.6 Å². The number of aromatic nitrogens is 2. The highest BCUT2D eigenvalue weighted by molar-refractivity contribution is 6.06. The van der Waals surface area contributed by atoms with Gasteiger partial charge in [-0.05, 0) is 43.4 Å². The lowest BCUT2D eigenvalue weighted by molar-refractivity contribution is 0.410. The monoisotopic (exact) mass is 348 g/mol. The number of oxazole rings is 1. The van der Waals surface area contributed by atoms with Gasteiger partial charge < -0.3 is 13.6 Å². The number of benzene rings is 1. The summed E-state index contributed by atoms with van der Waals surface area (Å²) in [7, 11) is 1.56. The van der Waals surface area contributed by atoms with Crippen molar-refractivity contribution in [3.8, 4) is 17.3 Å². The Hall–Kier alpha value is -3.15. The highest BCUT2D eigenvalue weighted by Crippen LogP contribution is 2.39. The van der Waals surface area contributed by atoms with Crippen molar-refractivity contribution >= 4 is 22.1 Å². The number of aryl methyl sites for hydroxylation is 1. The fourth-order valence-electron chi connectivity index (χ4n) is 3.72. The van der Waals surface area contributed by atoms with E-state index in [9.17, 15) is 4.79 Å². The van der Waals surface area contributed by atoms with E-state index in [0.717, 1.165) is 42.2 Å². The van der Waals surface area contributed by atoms with E-state index < -0.39 is 0 Å². The van der Waals surface area contributed by atoms with Gasteiger partial charge >= 0.3 is 5.63 Å². The standard InChI is InChI=1S/C20H16N2O4/c1-24-15-10-14-16(11-6-2-3-7-12(11)20(23)25-14)17-18(15)26-19(22-17)13-8-4-5-9-21-13/h4-5,8-10H,2-3,6-7H2,1H3. The van der Waals surface area contributed by atoms with Gasteiger partial charge in [-0.25, -0.2) is 9.78 Å². The number of hydrogen-bond donors (Lipinski definition) is 0. The van der Waals surface area contributed by atoms with E-state index in [1.807, 2.05) is 18.2 Å². The first-order valence-electron chi connectivity index (χ1n) is 8.64. The Kier molecular flexibility index (Phi) is 3.31. The average Bonchev–Trinajstić information content (AvgIpc) is 3.13. The molecule has 0 N–H and O–H groups in total. The summed E-state index contributed by atoms with van der Waals surface area (Å²) in [6.45, 7) is 0. The molecule has 3 heterocycles. The van der Waals surface area contributed by atoms with Crippen molar-refractivity contribution in [1.29, 1.82) is 0 Å². The van der Waals surface area contributed by atoms with Crippen LogP contribution in [0.25, 0.3) is 33.7 Å². The Bertz CT molecular complexity index is 1190. The van der Waals surface area contributed by atoms with Crippen LogP contribution >= 0.6 is 0 Å². The smallest absolute Gasteiger partial charge is 0.339 e. The molecule has 4 aromatic rings. The van der Waals surface area contributed by atoms with Crippen LogP contribution in [0.4, 0.5) is 0 Å². The third-order valence-corrected chi connectivity index (χ3v) is 4.92. The van der Waals surface area contributed by atoms with Gasteiger partial charge in [0.25, 0.3) is 0 Å². The Labute approximate surface area is 148 Å². The van der Waals surface area contributed by atoms with Crippen LogP contribution in [0.15, 0.2) is 44.1 Å². The summed E-state index contributed by atoms with van der Waals surface area (Å²) in [6, 6.07) is 7.27. The zero-order valence-electron chi connectivity index (χ0n) is 14.2. The summed E-state index contributed by atoms with van der Waals surface area (Å²) in [6.07, 6.45) is 5.32. The minimum atomic E-state index is -0.262. The number of pyridine rings is 1. The molecule has 0 saturated heterocycles. The van der Waals surface area contributed by atoms with Crippen molar-refractivity contribution in [2.75, 3.05) is 7.11 Å². The number of hydrogen-bond acceptors (Lipinski definition) is 6. The highest BCUT2D eigenvalue weighted by atomic mass is 16.5. The normalized spacial score (nSPS) is 13.9. The van der Waals surface area contributed by atoms with Gasteiger partial charge in [-0.2, -0.15) is 0 Å². The van der Waals surface area contributed by atoms with Gasteiger partial charge in [0.2, 0.25) is 5.89 Å². The van der Waals surface area contributed by atoms with Crippen LogP contribution in [-0.2, 0) is 12.8 Å². The molecule has 5 rings (SSSR count). The summed E-state index contributed by atoms with van der Waals surface area (Å²) >= 11 is 0. The third-order valence-electron chi connectivity index (χ3n) is 4.92. The minimum Gasteiger partial charge on any atom is -0.493 e. The number of ether oxygens (including phenoxy) is 1. The molecule has 0 radical (unpaired) electrons. The second-order valence-corrected chi connectivity index (χ2v) is 6.42. The first-order valence-corrected chi connectivity index (χ1v) is 8.64. The van der Waals surface area contributed by atoms with E-state index in [0.29, 0.717) is 34.0 Å². The van der Waals surface area contributed by atoms with Crippen LogP contribution in [0, 0.1) is 0 Å². The van der Waals surface area contributed by atoms with Crippen molar-refractivity contribution in [3.05, 3.63) is 52.0 Å². The molecule has 26 heavy (non-hydrogen) atoms. The second kappa shape index (κ2) is 5.69. The number of nitrogens with zero attached hydrogens (tertiary/aromatic N) is 2. The lowest BCUT2D eigenvalue weighted by atomic mass is 9.90. The van der Waals surface area contributed by atoms with Gasteiger partial charge in [0, 0.05) is 17.8 Å². The first-order chi connectivity index (χ1) is 12.8. The van der Waals surface area contributed by atoms with Gasteiger partial charge in [0.05, 0.1) is 12.5 Å². The Morgan fingerprint density at radius 3 is 2.73 bits per heavy atom. The summed E-state index contributed by atoms with van der Waals surface area (Å²) in [5, 5.41) is 0.848. The lowest BCUT2D eigenvalue weighted by Gasteiger charge is -2.16. The molecule has 130 valence electrons. The van der Waals surface area contributed by atoms with Crippen LogP contribution in [0.5, 0.6) is 5.75 Å². The molecule has 1 aromatic carbocycles. The van der Waals surface area contributed by atoms with E-state index in [2.05, 4.69) is 9.97 Å². The maximum Gasteiger partial charge on any atom is 0.339 e. The van der Waals surface area contributed by atoms with Crippen LogP contribution < -0.4 is 10.4 Å². The number of rotatable bonds is 2. The fourth-order valence-corrected chi connectivity index (χ4v) is 3.72. The largest absolute Gasteiger partial charge is 0.493 e. The van der Waals surface area contributed by atoms with Crippen LogP contribution in [-0.4, -0.2) is 17.1 Å². The minimum absolute atomic E-state index is 0.262. The van der Waals surface area contributed by atoms with Gasteiger partial charge in [-0.1, -0.05) is 6.07 Å². The van der Waals surface area contributed by atoms with Crippen molar-refractivity contribution in [2.24, 2.45) is 0 Å². The zero-order valence-corrected chi connectivity index (χ0v) is 14.2. The lowest BCUT2D eigenvalue weighted by Crippen LogP contribution is -2.16. The van der Waals surface area contributed by atoms with Crippen LogP contribution in [0.1, 0.15) is 24.0 Å². The second-order valence-electron chi connectivity index (χ2n) is 6.42. The number of methoxy groups -OCH3 is 1. The molecule has 6 nitrogen and oxygen atoms in total. The SMILES string of the molecule is COc1cc2oc(=O)c3c(c2c2nc(-c4ccccn4)oc12)CCCC3. The molecule has 3 aromatic heterocycles. The molecular formula is C20H16N2O4. The molecule has 0 amide bonds. The molecule has 0 bridgehead atoms. The van der Waals surface area contributed by atoms with E-state index in [4.69, 9.17) is 13.6 Å². The molecule has 0 unspecified atom stereocenters. The molecule has 0 fully saturated rings. The third kappa shape index (κ3) is 2.15. The topological polar surface area (TPSA) is 78.4 Å². The predicted molar refractivity (Wildman–Crippen MR) is 96.5 cm³/mol. The van der Waals surface area contributed by atoms with E-state index in [-0.39, 0.29) is 5.63 Å². The molecule has 0 spiro atoms. The Balaban J connectivity index is 1.91. The predicted octanol–water partition coefficient (Wildman–Crippen LogP) is 3.88. The molecule has 1 aliphatic rings. The van der Waals surface area contributed by atoms with Crippen molar-refractivity contribution in [2.45, 2.75) is 25.7 Å². The highest BCUT2D eigenvalue weighted by Gasteiger charge is 2.24. The van der Waals surface area contributed by atoms with Crippen molar-refractivity contribution in [1.82, 2.24) is 9.97 Å². The summed E-state index contributed by atoms with van der Waals surface area (Å²) in [5.41, 5.74) is 3.85. The van der Waals surface area contributed by atoms with Gasteiger partial charge in [0.1, 0.15) is 16.8 Å². The van der Waals surface area contributed by atoms with Gasteiger partial charge in [-0.3, -0.25) is 4.98 Å². The van der Waals surface area contributed by atoms with Crippen LogP contribution in [0.2, 0.25) is 0 Å². The van der Waals surface area contributed by atoms with Gasteiger partial charge in [-0.15, -0.1) is 0 Å². The molecular weight excluding hydrogens is 332 g/mol.